The van der Waals surface area contributed by atoms with Gasteiger partial charge in [-0.2, -0.15) is 0 Å². The van der Waals surface area contributed by atoms with E-state index in [1.54, 1.807) is 16.0 Å². The van der Waals surface area contributed by atoms with E-state index in [2.05, 4.69) is 33.8 Å². The van der Waals surface area contributed by atoms with Crippen LogP contribution in [0.5, 0.6) is 0 Å². The molecule has 0 atom stereocenters. The van der Waals surface area contributed by atoms with Crippen molar-refractivity contribution in [2.24, 2.45) is 5.41 Å². The average Bonchev–Trinajstić information content (AvgIpc) is 2.34. The predicted molar refractivity (Wildman–Crippen MR) is 86.6 cm³/mol. The number of carbonyl (C=O) groups is 1. The Labute approximate surface area is 124 Å². The highest BCUT2D eigenvalue weighted by atomic mass is 16.2. The van der Waals surface area contributed by atoms with Crippen LogP contribution >= 0.6 is 0 Å². The van der Waals surface area contributed by atoms with E-state index in [0.29, 0.717) is 11.8 Å². The van der Waals surface area contributed by atoms with Crippen LogP contribution in [0.25, 0.3) is 0 Å². The molecule has 0 aromatic carbocycles. The molecule has 0 saturated carbocycles. The maximum absolute atomic E-state index is 11.6. The molecule has 2 heteroatoms. The summed E-state index contributed by atoms with van der Waals surface area (Å²) in [5.41, 5.74) is 4.94. The van der Waals surface area contributed by atoms with Gasteiger partial charge in [-0.05, 0) is 51.4 Å². The second-order valence-corrected chi connectivity index (χ2v) is 7.04. The van der Waals surface area contributed by atoms with Crippen LogP contribution in [-0.2, 0) is 4.79 Å². The Morgan fingerprint density at radius 1 is 1.35 bits per heavy atom. The molecule has 0 unspecified atom stereocenters. The van der Waals surface area contributed by atoms with Gasteiger partial charge in [0.05, 0.1) is 0 Å². The molecule has 0 spiro atoms. The summed E-state index contributed by atoms with van der Waals surface area (Å²) in [7, 11) is 3.62. The molecule has 0 aromatic rings. The van der Waals surface area contributed by atoms with E-state index >= 15 is 0 Å². The van der Waals surface area contributed by atoms with Crippen LogP contribution in [0.4, 0.5) is 0 Å². The minimum atomic E-state index is 0.178. The Bertz CT molecular complexity index is 413. The Hall–Kier alpha value is -1.05. The first kappa shape index (κ1) is 17.0. The van der Waals surface area contributed by atoms with Crippen molar-refractivity contribution in [2.45, 2.75) is 66.2 Å². The Kier molecular flexibility index (Phi) is 6.04. The average molecular weight is 277 g/mol. The number of allylic oxidation sites excluding steroid dienone is 3. The summed E-state index contributed by atoms with van der Waals surface area (Å²) in [6.07, 6.45) is 8.75. The van der Waals surface area contributed by atoms with Crippen molar-refractivity contribution in [2.75, 3.05) is 14.1 Å². The highest BCUT2D eigenvalue weighted by molar-refractivity contribution is 5.77. The third-order valence-electron chi connectivity index (χ3n) is 4.58. The number of carbonyl (C=O) groups excluding carboxylic acids is 1. The Morgan fingerprint density at radius 3 is 2.55 bits per heavy atom. The molecule has 0 saturated heterocycles. The SMILES string of the molecule is CC(=CCC(=O)N(C)C)CCC1=C(C)CCCC1(C)C. The monoisotopic (exact) mass is 277 g/mol. The van der Waals surface area contributed by atoms with Crippen molar-refractivity contribution in [1.82, 2.24) is 4.90 Å². The Morgan fingerprint density at radius 2 is 2.00 bits per heavy atom. The van der Waals surface area contributed by atoms with Gasteiger partial charge in [0.1, 0.15) is 0 Å². The largest absolute Gasteiger partial charge is 0.349 e. The lowest BCUT2D eigenvalue weighted by Gasteiger charge is -2.35. The second kappa shape index (κ2) is 7.10. The highest BCUT2D eigenvalue weighted by Crippen LogP contribution is 2.42. The Balaban J connectivity index is 2.58. The minimum absolute atomic E-state index is 0.178. The molecule has 0 aliphatic heterocycles. The van der Waals surface area contributed by atoms with Crippen LogP contribution in [-0.4, -0.2) is 24.9 Å². The molecule has 0 radical (unpaired) electrons. The molecule has 0 N–H and O–H groups in total. The fraction of sp³-hybridized carbons (Fsp3) is 0.722. The quantitative estimate of drug-likeness (QED) is 0.666. The normalized spacial score (nSPS) is 19.2. The summed E-state index contributed by atoms with van der Waals surface area (Å²) in [5.74, 6) is 0.178. The molecule has 1 amide bonds. The van der Waals surface area contributed by atoms with Gasteiger partial charge in [0.25, 0.3) is 0 Å². The fourth-order valence-electron chi connectivity index (χ4n) is 3.10. The van der Waals surface area contributed by atoms with E-state index in [4.69, 9.17) is 0 Å². The number of nitrogens with zero attached hydrogens (tertiary/aromatic N) is 1. The fourth-order valence-corrected chi connectivity index (χ4v) is 3.10. The summed E-state index contributed by atoms with van der Waals surface area (Å²) in [5, 5.41) is 0. The minimum Gasteiger partial charge on any atom is -0.349 e. The molecule has 0 fully saturated rings. The molecule has 2 nitrogen and oxygen atoms in total. The maximum atomic E-state index is 11.6. The predicted octanol–water partition coefficient (Wildman–Crippen LogP) is 4.72. The van der Waals surface area contributed by atoms with Crippen molar-refractivity contribution < 1.29 is 4.79 Å². The van der Waals surface area contributed by atoms with Gasteiger partial charge in [0, 0.05) is 20.5 Å². The zero-order valence-electron chi connectivity index (χ0n) is 14.2. The number of rotatable bonds is 5. The van der Waals surface area contributed by atoms with Crippen LogP contribution in [0.2, 0.25) is 0 Å². The highest BCUT2D eigenvalue weighted by Gasteiger charge is 2.27. The number of amides is 1. The molecular formula is C18H31NO. The van der Waals surface area contributed by atoms with Crippen LogP contribution in [0, 0.1) is 5.41 Å². The first-order chi connectivity index (χ1) is 9.24. The van der Waals surface area contributed by atoms with Crippen molar-refractivity contribution in [3.05, 3.63) is 22.8 Å². The lowest BCUT2D eigenvalue weighted by molar-refractivity contribution is -0.127. The van der Waals surface area contributed by atoms with E-state index in [1.165, 1.54) is 24.8 Å². The smallest absolute Gasteiger partial charge is 0.225 e. The lowest BCUT2D eigenvalue weighted by Crippen LogP contribution is -2.21. The van der Waals surface area contributed by atoms with Gasteiger partial charge in [-0.15, -0.1) is 0 Å². The van der Waals surface area contributed by atoms with E-state index < -0.39 is 0 Å². The summed E-state index contributed by atoms with van der Waals surface area (Å²) >= 11 is 0. The molecule has 0 aromatic heterocycles. The van der Waals surface area contributed by atoms with Crippen molar-refractivity contribution in [3.63, 3.8) is 0 Å². The summed E-state index contributed by atoms with van der Waals surface area (Å²) in [6, 6.07) is 0. The molecule has 1 aliphatic rings. The standard InChI is InChI=1S/C18H31NO/c1-14(10-12-17(20)19(5)6)9-11-16-15(2)8-7-13-18(16,3)4/h10H,7-9,11-13H2,1-6H3. The second-order valence-electron chi connectivity index (χ2n) is 7.04. The molecule has 1 rings (SSSR count). The van der Waals surface area contributed by atoms with Crippen molar-refractivity contribution >= 4 is 5.91 Å². The third kappa shape index (κ3) is 4.81. The summed E-state index contributed by atoms with van der Waals surface area (Å²) in [4.78, 5) is 13.2. The molecule has 114 valence electrons. The van der Waals surface area contributed by atoms with Crippen LogP contribution in [0.15, 0.2) is 22.8 Å². The lowest BCUT2D eigenvalue weighted by atomic mass is 9.71. The van der Waals surface area contributed by atoms with Gasteiger partial charge in [0.15, 0.2) is 0 Å². The number of hydrogen-bond acceptors (Lipinski definition) is 1. The zero-order valence-corrected chi connectivity index (χ0v) is 14.2. The molecule has 20 heavy (non-hydrogen) atoms. The molecule has 0 bridgehead atoms. The van der Waals surface area contributed by atoms with E-state index in [-0.39, 0.29) is 5.91 Å². The van der Waals surface area contributed by atoms with Gasteiger partial charge < -0.3 is 4.90 Å². The topological polar surface area (TPSA) is 20.3 Å². The van der Waals surface area contributed by atoms with Gasteiger partial charge >= 0.3 is 0 Å². The molecular weight excluding hydrogens is 246 g/mol. The summed E-state index contributed by atoms with van der Waals surface area (Å²) < 4.78 is 0. The molecule has 1 aliphatic carbocycles. The van der Waals surface area contributed by atoms with Gasteiger partial charge in [-0.3, -0.25) is 4.79 Å². The van der Waals surface area contributed by atoms with Crippen molar-refractivity contribution in [1.29, 1.82) is 0 Å². The van der Waals surface area contributed by atoms with Gasteiger partial charge in [-0.1, -0.05) is 36.6 Å². The third-order valence-corrected chi connectivity index (χ3v) is 4.58. The molecule has 0 heterocycles. The summed E-state index contributed by atoms with van der Waals surface area (Å²) in [6.45, 7) is 9.19. The number of hydrogen-bond donors (Lipinski definition) is 0. The van der Waals surface area contributed by atoms with Crippen molar-refractivity contribution in [3.8, 4) is 0 Å². The van der Waals surface area contributed by atoms with Crippen LogP contribution in [0.3, 0.4) is 0 Å². The van der Waals surface area contributed by atoms with Crippen LogP contribution < -0.4 is 0 Å². The van der Waals surface area contributed by atoms with E-state index in [9.17, 15) is 4.79 Å². The van der Waals surface area contributed by atoms with Gasteiger partial charge in [-0.25, -0.2) is 0 Å². The first-order valence-corrected chi connectivity index (χ1v) is 7.79. The van der Waals surface area contributed by atoms with Crippen LogP contribution in [0.1, 0.15) is 66.2 Å². The first-order valence-electron chi connectivity index (χ1n) is 7.79. The van der Waals surface area contributed by atoms with E-state index in [0.717, 1.165) is 12.8 Å². The maximum Gasteiger partial charge on any atom is 0.225 e. The van der Waals surface area contributed by atoms with E-state index in [1.807, 2.05) is 14.1 Å². The van der Waals surface area contributed by atoms with Gasteiger partial charge in [0.2, 0.25) is 5.91 Å². The zero-order chi connectivity index (χ0) is 15.3.